The second-order valence-electron chi connectivity index (χ2n) is 8.82. The quantitative estimate of drug-likeness (QED) is 0.240. The third-order valence-electron chi connectivity index (χ3n) is 7.04. The molecule has 1 aliphatic carbocycles. The second-order valence-corrected chi connectivity index (χ2v) is 8.82. The van der Waals surface area contributed by atoms with Crippen molar-refractivity contribution in [2.45, 2.75) is 11.7 Å². The molecule has 2 heterocycles. The lowest BCUT2D eigenvalue weighted by Gasteiger charge is -2.27. The van der Waals surface area contributed by atoms with Crippen molar-refractivity contribution >= 4 is 34.8 Å². The van der Waals surface area contributed by atoms with Crippen molar-refractivity contribution in [1.29, 1.82) is 0 Å². The van der Waals surface area contributed by atoms with E-state index in [1.807, 2.05) is 0 Å². The largest absolute Gasteiger partial charge is 0.349 e. The Kier molecular flexibility index (Phi) is 4.55. The number of amides is 2. The molecule has 1 spiro atoms. The van der Waals surface area contributed by atoms with Gasteiger partial charge in [0, 0.05) is 23.3 Å². The standard InChI is InChI=1S/C26H15FN2O7/c27-14-7-5-13(6-8-14)21-19-20(26(36-21)22(30)17-3-1-2-4-18(17)23(26)31)25(33)28(24(19)32)15-9-11-16(12-10-15)29(34)35/h1-12,19-21H/t19-,20+,21-/m0/s1. The van der Waals surface area contributed by atoms with E-state index in [2.05, 4.69) is 0 Å². The highest BCUT2D eigenvalue weighted by Crippen LogP contribution is 2.57. The lowest BCUT2D eigenvalue weighted by atomic mass is 9.77. The Morgan fingerprint density at radius 2 is 1.42 bits per heavy atom. The number of hydrogen-bond acceptors (Lipinski definition) is 7. The van der Waals surface area contributed by atoms with E-state index < -0.39 is 57.7 Å². The van der Waals surface area contributed by atoms with E-state index in [0.717, 1.165) is 29.2 Å². The average Bonchev–Trinajstić information content (AvgIpc) is 3.44. The highest BCUT2D eigenvalue weighted by atomic mass is 19.1. The number of benzene rings is 3. The van der Waals surface area contributed by atoms with E-state index in [4.69, 9.17) is 4.74 Å². The number of fused-ring (bicyclic) bond motifs is 3. The lowest BCUT2D eigenvalue weighted by Crippen LogP contribution is -2.51. The summed E-state index contributed by atoms with van der Waals surface area (Å²) in [5.74, 6) is -6.23. The van der Waals surface area contributed by atoms with Gasteiger partial charge in [0.05, 0.1) is 28.6 Å². The minimum atomic E-state index is -2.25. The number of imide groups is 1. The number of ether oxygens (including phenoxy) is 1. The van der Waals surface area contributed by atoms with Gasteiger partial charge >= 0.3 is 0 Å². The molecule has 2 aliphatic heterocycles. The van der Waals surface area contributed by atoms with Crippen molar-refractivity contribution in [3.05, 3.63) is 105 Å². The molecule has 0 radical (unpaired) electrons. The number of anilines is 1. The molecule has 178 valence electrons. The molecule has 3 aliphatic rings. The number of nitro benzene ring substituents is 1. The summed E-state index contributed by atoms with van der Waals surface area (Å²) in [5, 5.41) is 11.0. The number of Topliss-reactive ketones (excluding diaryl/α,β-unsaturated/α-hetero) is 2. The molecule has 0 unspecified atom stereocenters. The highest BCUT2D eigenvalue weighted by molar-refractivity contribution is 6.37. The van der Waals surface area contributed by atoms with Crippen LogP contribution in [0.15, 0.2) is 72.8 Å². The summed E-state index contributed by atoms with van der Waals surface area (Å²) < 4.78 is 19.7. The number of rotatable bonds is 3. The first-order valence-corrected chi connectivity index (χ1v) is 11.0. The Balaban J connectivity index is 1.51. The number of ketones is 2. The maximum atomic E-state index is 13.8. The van der Waals surface area contributed by atoms with Crippen molar-refractivity contribution in [3.63, 3.8) is 0 Å². The number of nitro groups is 1. The van der Waals surface area contributed by atoms with E-state index in [0.29, 0.717) is 5.56 Å². The summed E-state index contributed by atoms with van der Waals surface area (Å²) in [6.07, 6.45) is -1.18. The molecule has 2 saturated heterocycles. The third-order valence-corrected chi connectivity index (χ3v) is 7.04. The van der Waals surface area contributed by atoms with Gasteiger partial charge in [-0.05, 0) is 29.8 Å². The van der Waals surface area contributed by atoms with Gasteiger partial charge in [0.25, 0.3) is 5.69 Å². The van der Waals surface area contributed by atoms with E-state index in [1.54, 1.807) is 12.1 Å². The minimum Gasteiger partial charge on any atom is -0.349 e. The molecule has 6 rings (SSSR count). The molecular formula is C26H15FN2O7. The van der Waals surface area contributed by atoms with Gasteiger partial charge in [-0.3, -0.25) is 29.3 Å². The Morgan fingerprint density at radius 3 is 1.97 bits per heavy atom. The Hall–Kier alpha value is -4.57. The maximum Gasteiger partial charge on any atom is 0.269 e. The molecule has 3 atom stereocenters. The van der Waals surface area contributed by atoms with Crippen LogP contribution in [0.2, 0.25) is 0 Å². The maximum absolute atomic E-state index is 13.8. The van der Waals surface area contributed by atoms with Crippen LogP contribution in [-0.4, -0.2) is 33.9 Å². The van der Waals surface area contributed by atoms with Gasteiger partial charge < -0.3 is 4.74 Å². The zero-order valence-electron chi connectivity index (χ0n) is 18.3. The molecule has 9 nitrogen and oxygen atoms in total. The van der Waals surface area contributed by atoms with Crippen LogP contribution in [0.1, 0.15) is 32.4 Å². The minimum absolute atomic E-state index is 0.0633. The number of hydrogen-bond donors (Lipinski definition) is 0. The van der Waals surface area contributed by atoms with Gasteiger partial charge in [0.2, 0.25) is 29.0 Å². The second kappa shape index (κ2) is 7.46. The van der Waals surface area contributed by atoms with E-state index >= 15 is 0 Å². The van der Waals surface area contributed by atoms with Crippen molar-refractivity contribution in [1.82, 2.24) is 0 Å². The van der Waals surface area contributed by atoms with E-state index in [1.165, 1.54) is 36.4 Å². The summed E-state index contributed by atoms with van der Waals surface area (Å²) in [6.45, 7) is 0. The topological polar surface area (TPSA) is 124 Å². The molecule has 0 aromatic heterocycles. The number of carbonyl (C=O) groups excluding carboxylic acids is 4. The number of carbonyl (C=O) groups is 4. The predicted molar refractivity (Wildman–Crippen MR) is 121 cm³/mol. The summed E-state index contributed by atoms with van der Waals surface area (Å²) >= 11 is 0. The van der Waals surface area contributed by atoms with Crippen LogP contribution in [0.5, 0.6) is 0 Å². The summed E-state index contributed by atoms with van der Waals surface area (Å²) in [7, 11) is 0. The summed E-state index contributed by atoms with van der Waals surface area (Å²) in [4.78, 5) is 66.0. The van der Waals surface area contributed by atoms with Gasteiger partial charge in [0.1, 0.15) is 5.82 Å². The Bertz CT molecular complexity index is 1460. The van der Waals surface area contributed by atoms with Gasteiger partial charge in [-0.2, -0.15) is 0 Å². The zero-order chi connectivity index (χ0) is 25.4. The summed E-state index contributed by atoms with van der Waals surface area (Å²) in [5.41, 5.74) is -1.92. The molecule has 2 fully saturated rings. The SMILES string of the molecule is O=C1[C@@H]2[C@H](c3ccc(F)cc3)OC3(C(=O)c4ccccc4C3=O)[C@H]2C(=O)N1c1ccc([N+](=O)[O-])cc1. The first-order chi connectivity index (χ1) is 17.3. The van der Waals surface area contributed by atoms with Crippen molar-refractivity contribution in [3.8, 4) is 0 Å². The van der Waals surface area contributed by atoms with Crippen LogP contribution in [0.25, 0.3) is 0 Å². The molecule has 0 N–H and O–H groups in total. The number of halogens is 1. The monoisotopic (exact) mass is 486 g/mol. The average molecular weight is 486 g/mol. The molecule has 2 amide bonds. The normalized spacial score (nSPS) is 23.9. The third kappa shape index (κ3) is 2.73. The summed E-state index contributed by atoms with van der Waals surface area (Å²) in [6, 6.07) is 15.9. The predicted octanol–water partition coefficient (Wildman–Crippen LogP) is 3.43. The molecule has 10 heteroatoms. The van der Waals surface area contributed by atoms with Crippen LogP contribution in [-0.2, 0) is 14.3 Å². The van der Waals surface area contributed by atoms with Crippen molar-refractivity contribution in [2.75, 3.05) is 4.90 Å². The zero-order valence-corrected chi connectivity index (χ0v) is 18.3. The molecular weight excluding hydrogens is 471 g/mol. The molecule has 3 aromatic rings. The Labute approximate surface area is 202 Å². The highest BCUT2D eigenvalue weighted by Gasteiger charge is 2.74. The fourth-order valence-electron chi connectivity index (χ4n) is 5.45. The van der Waals surface area contributed by atoms with Gasteiger partial charge in [-0.1, -0.05) is 36.4 Å². The number of nitrogens with zero attached hydrogens (tertiary/aromatic N) is 2. The number of non-ortho nitro benzene ring substituents is 1. The molecule has 0 bridgehead atoms. The van der Waals surface area contributed by atoms with Gasteiger partial charge in [0.15, 0.2) is 0 Å². The van der Waals surface area contributed by atoms with Crippen LogP contribution < -0.4 is 4.90 Å². The first kappa shape index (κ1) is 21.9. The lowest BCUT2D eigenvalue weighted by molar-refractivity contribution is -0.384. The van der Waals surface area contributed by atoms with Crippen LogP contribution in [0.4, 0.5) is 15.8 Å². The molecule has 3 aromatic carbocycles. The smallest absolute Gasteiger partial charge is 0.269 e. The van der Waals surface area contributed by atoms with Crippen molar-refractivity contribution < 1.29 is 33.2 Å². The van der Waals surface area contributed by atoms with Gasteiger partial charge in [-0.15, -0.1) is 0 Å². The molecule has 0 saturated carbocycles. The van der Waals surface area contributed by atoms with Crippen LogP contribution in [0, 0.1) is 27.8 Å². The van der Waals surface area contributed by atoms with Gasteiger partial charge in [-0.25, -0.2) is 9.29 Å². The van der Waals surface area contributed by atoms with E-state index in [9.17, 15) is 33.7 Å². The van der Waals surface area contributed by atoms with E-state index in [-0.39, 0.29) is 22.5 Å². The Morgan fingerprint density at radius 1 is 0.833 bits per heavy atom. The molecule has 36 heavy (non-hydrogen) atoms. The fourth-order valence-corrected chi connectivity index (χ4v) is 5.45. The first-order valence-electron chi connectivity index (χ1n) is 11.0. The van der Waals surface area contributed by atoms with Crippen LogP contribution >= 0.6 is 0 Å². The van der Waals surface area contributed by atoms with Crippen molar-refractivity contribution in [2.24, 2.45) is 11.8 Å². The van der Waals surface area contributed by atoms with Crippen LogP contribution in [0.3, 0.4) is 0 Å². The fraction of sp³-hybridized carbons (Fsp3) is 0.154.